The summed E-state index contributed by atoms with van der Waals surface area (Å²) < 4.78 is 0.977. The van der Waals surface area contributed by atoms with Gasteiger partial charge in [-0.1, -0.05) is 28.1 Å². The molecule has 0 aromatic heterocycles. The molecule has 0 atom stereocenters. The van der Waals surface area contributed by atoms with Crippen molar-refractivity contribution in [3.05, 3.63) is 34.3 Å². The molecule has 0 aliphatic carbocycles. The third kappa shape index (κ3) is 3.93. The third-order valence-corrected chi connectivity index (χ3v) is 3.88. The van der Waals surface area contributed by atoms with Crippen LogP contribution in [0.5, 0.6) is 0 Å². The van der Waals surface area contributed by atoms with Crippen LogP contribution < -0.4 is 5.32 Å². The Bertz CT molecular complexity index is 386. The van der Waals surface area contributed by atoms with Crippen LogP contribution in [0.1, 0.15) is 36.0 Å². The number of carbonyl (C=O) groups excluding carboxylic acids is 1. The van der Waals surface area contributed by atoms with E-state index < -0.39 is 0 Å². The van der Waals surface area contributed by atoms with Crippen molar-refractivity contribution in [2.45, 2.75) is 25.7 Å². The van der Waals surface area contributed by atoms with Crippen molar-refractivity contribution in [2.24, 2.45) is 5.92 Å². The van der Waals surface area contributed by atoms with Gasteiger partial charge in [-0.2, -0.15) is 0 Å². The van der Waals surface area contributed by atoms with Gasteiger partial charge in [0.15, 0.2) is 5.78 Å². The molecule has 0 saturated carbocycles. The molecule has 1 fully saturated rings. The second kappa shape index (κ2) is 6.31. The molecule has 1 saturated heterocycles. The van der Waals surface area contributed by atoms with E-state index in [1.807, 2.05) is 24.3 Å². The zero-order chi connectivity index (χ0) is 12.1. The Labute approximate surface area is 111 Å². The zero-order valence-electron chi connectivity index (χ0n) is 9.92. The van der Waals surface area contributed by atoms with Crippen molar-refractivity contribution in [2.75, 3.05) is 13.1 Å². The molecule has 1 aromatic rings. The summed E-state index contributed by atoms with van der Waals surface area (Å²) in [6, 6.07) is 7.67. The lowest BCUT2D eigenvalue weighted by Crippen LogP contribution is -2.27. The van der Waals surface area contributed by atoms with E-state index in [2.05, 4.69) is 21.2 Å². The zero-order valence-corrected chi connectivity index (χ0v) is 11.5. The maximum Gasteiger partial charge on any atom is 0.162 e. The van der Waals surface area contributed by atoms with Crippen LogP contribution in [0.4, 0.5) is 0 Å². The molecule has 0 radical (unpaired) electrons. The van der Waals surface area contributed by atoms with E-state index >= 15 is 0 Å². The van der Waals surface area contributed by atoms with Crippen LogP contribution in [0.25, 0.3) is 0 Å². The first-order valence-electron chi connectivity index (χ1n) is 6.25. The monoisotopic (exact) mass is 295 g/mol. The average molecular weight is 296 g/mol. The van der Waals surface area contributed by atoms with Gasteiger partial charge in [-0.25, -0.2) is 0 Å². The Balaban J connectivity index is 1.84. The quantitative estimate of drug-likeness (QED) is 0.863. The summed E-state index contributed by atoms with van der Waals surface area (Å²) in [7, 11) is 0. The van der Waals surface area contributed by atoms with Gasteiger partial charge in [0.2, 0.25) is 0 Å². The van der Waals surface area contributed by atoms with Gasteiger partial charge in [-0.3, -0.25) is 4.79 Å². The van der Waals surface area contributed by atoms with Gasteiger partial charge >= 0.3 is 0 Å². The average Bonchev–Trinajstić information content (AvgIpc) is 2.37. The third-order valence-electron chi connectivity index (χ3n) is 3.38. The van der Waals surface area contributed by atoms with E-state index in [9.17, 15) is 4.79 Å². The number of rotatable bonds is 4. The van der Waals surface area contributed by atoms with Crippen LogP contribution in [0.2, 0.25) is 0 Å². The first kappa shape index (κ1) is 12.8. The smallest absolute Gasteiger partial charge is 0.162 e. The molecule has 2 rings (SSSR count). The van der Waals surface area contributed by atoms with Crippen LogP contribution in [-0.4, -0.2) is 18.9 Å². The molecule has 1 aromatic carbocycles. The normalized spacial score (nSPS) is 17.0. The fourth-order valence-corrected chi connectivity index (χ4v) is 2.71. The Kier molecular flexibility index (Phi) is 4.75. The molecule has 17 heavy (non-hydrogen) atoms. The molecule has 1 aliphatic rings. The molecule has 92 valence electrons. The molecule has 1 heterocycles. The van der Waals surface area contributed by atoms with Gasteiger partial charge in [-0.05, 0) is 50.4 Å². The summed E-state index contributed by atoms with van der Waals surface area (Å²) in [6.45, 7) is 2.21. The molecule has 0 spiro atoms. The fourth-order valence-electron chi connectivity index (χ4n) is 2.31. The number of halogens is 1. The number of piperidine rings is 1. The largest absolute Gasteiger partial charge is 0.317 e. The highest BCUT2D eigenvalue weighted by Crippen LogP contribution is 2.20. The molecular formula is C14H18BrNO. The molecule has 0 amide bonds. The number of ketones is 1. The van der Waals surface area contributed by atoms with Gasteiger partial charge in [0.25, 0.3) is 0 Å². The van der Waals surface area contributed by atoms with Crippen LogP contribution in [-0.2, 0) is 0 Å². The predicted molar refractivity (Wildman–Crippen MR) is 73.3 cm³/mol. The summed E-state index contributed by atoms with van der Waals surface area (Å²) in [6.07, 6.45) is 4.14. The van der Waals surface area contributed by atoms with Crippen LogP contribution in [0.3, 0.4) is 0 Å². The van der Waals surface area contributed by atoms with Gasteiger partial charge < -0.3 is 5.32 Å². The standard InChI is InChI=1S/C14H18BrNO/c15-13-3-1-2-12(10-13)14(17)5-4-11-6-8-16-9-7-11/h1-3,10-11,16H,4-9H2. The topological polar surface area (TPSA) is 29.1 Å². The van der Waals surface area contributed by atoms with E-state index in [-0.39, 0.29) is 5.78 Å². The highest BCUT2D eigenvalue weighted by atomic mass is 79.9. The summed E-state index contributed by atoms with van der Waals surface area (Å²) in [5, 5.41) is 3.35. The van der Waals surface area contributed by atoms with Gasteiger partial charge in [0, 0.05) is 16.5 Å². The summed E-state index contributed by atoms with van der Waals surface area (Å²) in [4.78, 5) is 12.0. The number of hydrogen-bond acceptors (Lipinski definition) is 2. The molecule has 0 unspecified atom stereocenters. The Morgan fingerprint density at radius 2 is 2.12 bits per heavy atom. The lowest BCUT2D eigenvalue weighted by molar-refractivity contribution is 0.0970. The lowest BCUT2D eigenvalue weighted by atomic mass is 9.91. The van der Waals surface area contributed by atoms with Crippen molar-refractivity contribution < 1.29 is 4.79 Å². The van der Waals surface area contributed by atoms with E-state index in [0.717, 1.165) is 35.5 Å². The van der Waals surface area contributed by atoms with Gasteiger partial charge in [0.1, 0.15) is 0 Å². The Morgan fingerprint density at radius 3 is 2.82 bits per heavy atom. The number of benzene rings is 1. The van der Waals surface area contributed by atoms with Crippen molar-refractivity contribution in [3.63, 3.8) is 0 Å². The van der Waals surface area contributed by atoms with Crippen LogP contribution in [0, 0.1) is 5.92 Å². The summed E-state index contributed by atoms with van der Waals surface area (Å²) >= 11 is 3.40. The van der Waals surface area contributed by atoms with E-state index in [1.165, 1.54) is 12.8 Å². The first-order valence-corrected chi connectivity index (χ1v) is 7.04. The summed E-state index contributed by atoms with van der Waals surface area (Å²) in [5.74, 6) is 0.997. The maximum atomic E-state index is 12.0. The predicted octanol–water partition coefficient (Wildman–Crippen LogP) is 3.41. The molecule has 3 heteroatoms. The molecule has 2 nitrogen and oxygen atoms in total. The maximum absolute atomic E-state index is 12.0. The molecule has 1 aliphatic heterocycles. The van der Waals surface area contributed by atoms with Crippen LogP contribution >= 0.6 is 15.9 Å². The highest BCUT2D eigenvalue weighted by molar-refractivity contribution is 9.10. The van der Waals surface area contributed by atoms with Crippen molar-refractivity contribution in [3.8, 4) is 0 Å². The Morgan fingerprint density at radius 1 is 1.35 bits per heavy atom. The van der Waals surface area contributed by atoms with Crippen LogP contribution in [0.15, 0.2) is 28.7 Å². The second-order valence-corrected chi connectivity index (χ2v) is 5.58. The second-order valence-electron chi connectivity index (χ2n) is 4.67. The van der Waals surface area contributed by atoms with Crippen molar-refractivity contribution >= 4 is 21.7 Å². The van der Waals surface area contributed by atoms with Gasteiger partial charge in [0.05, 0.1) is 0 Å². The summed E-state index contributed by atoms with van der Waals surface area (Å²) in [5.41, 5.74) is 0.827. The molecular weight excluding hydrogens is 278 g/mol. The van der Waals surface area contributed by atoms with E-state index in [4.69, 9.17) is 0 Å². The Hall–Kier alpha value is -0.670. The number of Topliss-reactive ketones (excluding diaryl/α,β-unsaturated/α-hetero) is 1. The number of hydrogen-bond donors (Lipinski definition) is 1. The first-order chi connectivity index (χ1) is 8.25. The minimum absolute atomic E-state index is 0.268. The lowest BCUT2D eigenvalue weighted by Gasteiger charge is -2.22. The molecule has 1 N–H and O–H groups in total. The SMILES string of the molecule is O=C(CCC1CCNCC1)c1cccc(Br)c1. The minimum atomic E-state index is 0.268. The minimum Gasteiger partial charge on any atom is -0.317 e. The van der Waals surface area contributed by atoms with E-state index in [1.54, 1.807) is 0 Å². The molecule has 0 bridgehead atoms. The fraction of sp³-hybridized carbons (Fsp3) is 0.500. The van der Waals surface area contributed by atoms with E-state index in [0.29, 0.717) is 6.42 Å². The number of nitrogens with one attached hydrogen (secondary N) is 1. The number of carbonyl (C=O) groups is 1. The van der Waals surface area contributed by atoms with Crippen molar-refractivity contribution in [1.82, 2.24) is 5.32 Å². The highest BCUT2D eigenvalue weighted by Gasteiger charge is 2.15. The van der Waals surface area contributed by atoms with Gasteiger partial charge in [-0.15, -0.1) is 0 Å². The van der Waals surface area contributed by atoms with Crippen molar-refractivity contribution in [1.29, 1.82) is 0 Å².